The van der Waals surface area contributed by atoms with Crippen LogP contribution in [0.2, 0.25) is 5.02 Å². The molecule has 0 spiro atoms. The van der Waals surface area contributed by atoms with Gasteiger partial charge >= 0.3 is 5.82 Å². The zero-order chi connectivity index (χ0) is 13.0. The van der Waals surface area contributed by atoms with E-state index in [0.717, 1.165) is 0 Å². The van der Waals surface area contributed by atoms with Crippen molar-refractivity contribution in [1.82, 2.24) is 9.78 Å². The molecule has 0 saturated heterocycles. The van der Waals surface area contributed by atoms with Gasteiger partial charge in [0, 0.05) is 0 Å². The first-order valence-corrected chi connectivity index (χ1v) is 5.60. The summed E-state index contributed by atoms with van der Waals surface area (Å²) in [4.78, 5) is 9.90. The van der Waals surface area contributed by atoms with Gasteiger partial charge in [0.1, 0.15) is 12.4 Å². The lowest BCUT2D eigenvalue weighted by Gasteiger charge is -2.06. The van der Waals surface area contributed by atoms with Crippen molar-refractivity contribution >= 4 is 17.4 Å². The highest BCUT2D eigenvalue weighted by Crippen LogP contribution is 2.22. The monoisotopic (exact) mass is 267 g/mol. The van der Waals surface area contributed by atoms with Crippen LogP contribution in [-0.2, 0) is 6.54 Å². The largest absolute Gasteiger partial charge is 0.490 e. The Labute approximate surface area is 108 Å². The van der Waals surface area contributed by atoms with Gasteiger partial charge in [-0.1, -0.05) is 23.7 Å². The summed E-state index contributed by atoms with van der Waals surface area (Å²) in [6.45, 7) is 0.752. The Morgan fingerprint density at radius 3 is 2.83 bits per heavy atom. The van der Waals surface area contributed by atoms with Crippen molar-refractivity contribution < 1.29 is 9.66 Å². The summed E-state index contributed by atoms with van der Waals surface area (Å²) in [5.74, 6) is 0.411. The third kappa shape index (κ3) is 2.98. The number of aromatic nitrogens is 2. The van der Waals surface area contributed by atoms with Gasteiger partial charge in [0.25, 0.3) is 0 Å². The van der Waals surface area contributed by atoms with Crippen molar-refractivity contribution in [2.45, 2.75) is 6.54 Å². The van der Waals surface area contributed by atoms with Crippen molar-refractivity contribution in [3.05, 3.63) is 51.7 Å². The lowest BCUT2D eigenvalue weighted by atomic mass is 10.3. The van der Waals surface area contributed by atoms with Gasteiger partial charge in [0.2, 0.25) is 0 Å². The van der Waals surface area contributed by atoms with Crippen LogP contribution >= 0.6 is 11.6 Å². The normalized spacial score (nSPS) is 10.3. The van der Waals surface area contributed by atoms with Crippen LogP contribution in [0, 0.1) is 10.1 Å². The molecule has 1 heterocycles. The number of para-hydroxylation sites is 1. The fourth-order valence-electron chi connectivity index (χ4n) is 1.38. The molecule has 0 bridgehead atoms. The third-order valence-corrected chi connectivity index (χ3v) is 2.54. The standard InChI is InChI=1S/C11H10ClN3O3/c12-9-3-1-2-4-10(9)18-8-7-14-6-5-11(13-14)15(16)17/h1-6H,7-8H2. The molecule has 18 heavy (non-hydrogen) atoms. The van der Waals surface area contributed by atoms with E-state index in [1.807, 2.05) is 12.1 Å². The van der Waals surface area contributed by atoms with Crippen molar-refractivity contribution in [3.63, 3.8) is 0 Å². The summed E-state index contributed by atoms with van der Waals surface area (Å²) in [5.41, 5.74) is 0. The van der Waals surface area contributed by atoms with Crippen LogP contribution in [0.3, 0.4) is 0 Å². The number of benzene rings is 1. The lowest BCUT2D eigenvalue weighted by Crippen LogP contribution is -2.09. The molecule has 0 aliphatic carbocycles. The molecule has 7 heteroatoms. The maximum Gasteiger partial charge on any atom is 0.389 e. The van der Waals surface area contributed by atoms with Gasteiger partial charge in [-0.2, -0.15) is 4.68 Å². The fourth-order valence-corrected chi connectivity index (χ4v) is 1.57. The van der Waals surface area contributed by atoms with E-state index >= 15 is 0 Å². The highest BCUT2D eigenvalue weighted by molar-refractivity contribution is 6.32. The molecule has 0 atom stereocenters. The molecule has 0 saturated carbocycles. The van der Waals surface area contributed by atoms with Crippen LogP contribution in [-0.4, -0.2) is 21.3 Å². The Morgan fingerprint density at radius 2 is 2.17 bits per heavy atom. The molecule has 0 radical (unpaired) electrons. The van der Waals surface area contributed by atoms with Crippen molar-refractivity contribution in [1.29, 1.82) is 0 Å². The summed E-state index contributed by atoms with van der Waals surface area (Å²) in [6, 6.07) is 8.46. The van der Waals surface area contributed by atoms with E-state index in [4.69, 9.17) is 16.3 Å². The molecule has 1 aromatic heterocycles. The second-order valence-electron chi connectivity index (χ2n) is 3.47. The molecule has 0 N–H and O–H groups in total. The second-order valence-corrected chi connectivity index (χ2v) is 3.88. The third-order valence-electron chi connectivity index (χ3n) is 2.23. The molecular formula is C11H10ClN3O3. The molecule has 1 aromatic carbocycles. The smallest absolute Gasteiger partial charge is 0.389 e. The Morgan fingerprint density at radius 1 is 1.39 bits per heavy atom. The van der Waals surface area contributed by atoms with E-state index in [0.29, 0.717) is 23.9 Å². The molecule has 0 fully saturated rings. The van der Waals surface area contributed by atoms with E-state index < -0.39 is 4.92 Å². The molecule has 0 aliphatic heterocycles. The van der Waals surface area contributed by atoms with Crippen LogP contribution in [0.4, 0.5) is 5.82 Å². The highest BCUT2D eigenvalue weighted by atomic mass is 35.5. The van der Waals surface area contributed by atoms with Gasteiger partial charge < -0.3 is 14.9 Å². The minimum atomic E-state index is -0.536. The first kappa shape index (κ1) is 12.4. The van der Waals surface area contributed by atoms with Gasteiger partial charge in [0.15, 0.2) is 0 Å². The van der Waals surface area contributed by atoms with Crippen LogP contribution in [0.15, 0.2) is 36.5 Å². The number of ether oxygens (including phenoxy) is 1. The maximum atomic E-state index is 10.4. The van der Waals surface area contributed by atoms with Crippen molar-refractivity contribution in [2.75, 3.05) is 6.61 Å². The number of nitrogens with zero attached hydrogens (tertiary/aromatic N) is 3. The maximum absolute atomic E-state index is 10.4. The quantitative estimate of drug-likeness (QED) is 0.616. The van der Waals surface area contributed by atoms with E-state index in [1.165, 1.54) is 16.9 Å². The first-order valence-electron chi connectivity index (χ1n) is 5.22. The number of rotatable bonds is 5. The molecule has 0 unspecified atom stereocenters. The van der Waals surface area contributed by atoms with Crippen molar-refractivity contribution in [3.8, 4) is 5.75 Å². The Hall–Kier alpha value is -2.08. The number of nitro groups is 1. The first-order chi connectivity index (χ1) is 8.66. The zero-order valence-corrected chi connectivity index (χ0v) is 10.1. The molecule has 94 valence electrons. The van der Waals surface area contributed by atoms with Crippen LogP contribution < -0.4 is 4.74 Å². The lowest BCUT2D eigenvalue weighted by molar-refractivity contribution is -0.389. The Kier molecular flexibility index (Phi) is 3.78. The summed E-state index contributed by atoms with van der Waals surface area (Å²) in [6.07, 6.45) is 1.54. The van der Waals surface area contributed by atoms with E-state index in [-0.39, 0.29) is 5.82 Å². The zero-order valence-electron chi connectivity index (χ0n) is 9.32. The van der Waals surface area contributed by atoms with Gasteiger partial charge in [-0.3, -0.25) is 0 Å². The summed E-state index contributed by atoms with van der Waals surface area (Å²) in [5, 5.41) is 14.7. The summed E-state index contributed by atoms with van der Waals surface area (Å²) >= 11 is 5.91. The molecular weight excluding hydrogens is 258 g/mol. The topological polar surface area (TPSA) is 70.2 Å². The van der Waals surface area contributed by atoms with E-state index in [2.05, 4.69) is 5.10 Å². The van der Waals surface area contributed by atoms with Crippen LogP contribution in [0.5, 0.6) is 5.75 Å². The number of halogens is 1. The summed E-state index contributed by atoms with van der Waals surface area (Å²) in [7, 11) is 0. The number of hydrogen-bond donors (Lipinski definition) is 0. The number of hydrogen-bond acceptors (Lipinski definition) is 4. The molecule has 2 aromatic rings. The predicted molar refractivity (Wildman–Crippen MR) is 65.8 cm³/mol. The van der Waals surface area contributed by atoms with Gasteiger partial charge in [-0.25, -0.2) is 0 Å². The second kappa shape index (κ2) is 5.50. The van der Waals surface area contributed by atoms with E-state index in [1.54, 1.807) is 12.1 Å². The van der Waals surface area contributed by atoms with Crippen molar-refractivity contribution in [2.24, 2.45) is 0 Å². The minimum Gasteiger partial charge on any atom is -0.490 e. The average Bonchev–Trinajstić information content (AvgIpc) is 2.80. The minimum absolute atomic E-state index is 0.173. The molecule has 0 amide bonds. The molecule has 6 nitrogen and oxygen atoms in total. The Balaban J connectivity index is 1.88. The SMILES string of the molecule is O=[N+]([O-])c1ccn(CCOc2ccccc2Cl)n1. The summed E-state index contributed by atoms with van der Waals surface area (Å²) < 4.78 is 6.90. The molecule has 0 aliphatic rings. The Bertz CT molecular complexity index is 556. The molecule has 2 rings (SSSR count). The van der Waals surface area contributed by atoms with E-state index in [9.17, 15) is 10.1 Å². The highest BCUT2D eigenvalue weighted by Gasteiger charge is 2.10. The van der Waals surface area contributed by atoms with Crippen LogP contribution in [0.1, 0.15) is 0 Å². The van der Waals surface area contributed by atoms with Gasteiger partial charge in [-0.15, -0.1) is 0 Å². The van der Waals surface area contributed by atoms with Crippen LogP contribution in [0.25, 0.3) is 0 Å². The fraction of sp³-hybridized carbons (Fsp3) is 0.182. The average molecular weight is 268 g/mol. The van der Waals surface area contributed by atoms with Gasteiger partial charge in [-0.05, 0) is 17.1 Å². The van der Waals surface area contributed by atoms with Gasteiger partial charge in [0.05, 0.1) is 28.9 Å². The predicted octanol–water partition coefficient (Wildman–Crippen LogP) is 2.52.